The standard InChI is InChI=1S/C26H42N8O3/c1-15(2)22-27-18-7-5-6-8-19(18)34(22)25-29-21-20(23(31-25)32-9-11-36-12-10-32)28-26(30-21)37-17-13-33(14-17)24(35)16(3)4/h5-8,15-19,22-23,25-31H,9-14H2,1-4H3. The van der Waals surface area contributed by atoms with Crippen LogP contribution in [0.3, 0.4) is 0 Å². The topological polar surface area (TPSA) is 105 Å². The van der Waals surface area contributed by atoms with Crippen LogP contribution in [-0.4, -0.2) is 103 Å². The Hall–Kier alpha value is -2.15. The van der Waals surface area contributed by atoms with E-state index in [0.717, 1.165) is 37.8 Å². The van der Waals surface area contributed by atoms with Crippen LogP contribution in [0.5, 0.6) is 0 Å². The van der Waals surface area contributed by atoms with E-state index in [1.807, 2.05) is 18.7 Å². The smallest absolute Gasteiger partial charge is 0.225 e. The first kappa shape index (κ1) is 25.1. The molecule has 0 radical (unpaired) electrons. The van der Waals surface area contributed by atoms with E-state index in [9.17, 15) is 4.79 Å². The Labute approximate surface area is 219 Å². The molecule has 37 heavy (non-hydrogen) atoms. The monoisotopic (exact) mass is 514 g/mol. The van der Waals surface area contributed by atoms with Crippen molar-refractivity contribution in [2.24, 2.45) is 11.8 Å². The van der Waals surface area contributed by atoms with Crippen LogP contribution >= 0.6 is 0 Å². The molecule has 0 aromatic carbocycles. The van der Waals surface area contributed by atoms with Crippen molar-refractivity contribution in [1.82, 2.24) is 41.3 Å². The summed E-state index contributed by atoms with van der Waals surface area (Å²) in [7, 11) is 0. The number of fused-ring (bicyclic) bond motifs is 1. The van der Waals surface area contributed by atoms with Gasteiger partial charge in [0.1, 0.15) is 18.3 Å². The highest BCUT2D eigenvalue weighted by molar-refractivity contribution is 5.79. The van der Waals surface area contributed by atoms with Gasteiger partial charge in [0, 0.05) is 38.1 Å². The number of carbonyl (C=O) groups is 1. The zero-order valence-corrected chi connectivity index (χ0v) is 22.3. The molecule has 5 aliphatic heterocycles. The van der Waals surface area contributed by atoms with Gasteiger partial charge >= 0.3 is 0 Å². The number of ether oxygens (including phenoxy) is 2. The third-order valence-electron chi connectivity index (χ3n) is 8.16. The highest BCUT2D eigenvalue weighted by Gasteiger charge is 2.48. The molecule has 1 aliphatic carbocycles. The van der Waals surface area contributed by atoms with E-state index >= 15 is 0 Å². The molecule has 11 nitrogen and oxygen atoms in total. The van der Waals surface area contributed by atoms with Gasteiger partial charge in [-0.2, -0.15) is 0 Å². The van der Waals surface area contributed by atoms with Crippen molar-refractivity contribution < 1.29 is 14.3 Å². The Morgan fingerprint density at radius 1 is 1.03 bits per heavy atom. The first-order chi connectivity index (χ1) is 17.9. The molecule has 204 valence electrons. The normalized spacial score (nSPS) is 36.3. The maximum atomic E-state index is 12.2. The summed E-state index contributed by atoms with van der Waals surface area (Å²) < 4.78 is 12.0. The molecule has 0 aromatic rings. The molecule has 6 rings (SSSR count). The number of hydrogen-bond donors (Lipinski definition) is 5. The minimum absolute atomic E-state index is 0.00151. The van der Waals surface area contributed by atoms with E-state index in [1.165, 1.54) is 0 Å². The fraction of sp³-hybridized carbons (Fsp3) is 0.731. The number of rotatable bonds is 6. The molecule has 1 amide bonds. The van der Waals surface area contributed by atoms with E-state index in [4.69, 9.17) is 9.47 Å². The largest absolute Gasteiger partial charge is 0.379 e. The van der Waals surface area contributed by atoms with Crippen LogP contribution in [0.1, 0.15) is 27.7 Å². The molecule has 0 bridgehead atoms. The minimum atomic E-state index is -0.342. The number of likely N-dealkylation sites (tertiary alicyclic amines) is 1. The van der Waals surface area contributed by atoms with Crippen LogP contribution in [-0.2, 0) is 14.3 Å². The van der Waals surface area contributed by atoms with Crippen molar-refractivity contribution in [1.29, 1.82) is 0 Å². The van der Waals surface area contributed by atoms with Crippen molar-refractivity contribution in [3.63, 3.8) is 0 Å². The first-order valence-electron chi connectivity index (χ1n) is 13.8. The van der Waals surface area contributed by atoms with Gasteiger partial charge < -0.3 is 30.3 Å². The molecule has 5 heterocycles. The first-order valence-corrected chi connectivity index (χ1v) is 13.8. The Bertz CT molecular complexity index is 955. The van der Waals surface area contributed by atoms with Gasteiger partial charge in [0.05, 0.1) is 37.2 Å². The number of hydrogen-bond acceptors (Lipinski definition) is 10. The molecular formula is C26H42N8O3. The second-order valence-electron chi connectivity index (χ2n) is 11.5. The molecule has 6 aliphatic rings. The summed E-state index contributed by atoms with van der Waals surface area (Å²) in [5, 5.41) is 18.6. The Morgan fingerprint density at radius 3 is 2.51 bits per heavy atom. The molecule has 0 saturated carbocycles. The van der Waals surface area contributed by atoms with Crippen LogP contribution in [0.4, 0.5) is 0 Å². The molecule has 3 fully saturated rings. The van der Waals surface area contributed by atoms with E-state index in [0.29, 0.717) is 25.0 Å². The lowest BCUT2D eigenvalue weighted by Gasteiger charge is -2.46. The second-order valence-corrected chi connectivity index (χ2v) is 11.5. The van der Waals surface area contributed by atoms with Gasteiger partial charge in [-0.15, -0.1) is 0 Å². The van der Waals surface area contributed by atoms with Gasteiger partial charge in [0.25, 0.3) is 0 Å². The summed E-state index contributed by atoms with van der Waals surface area (Å²) in [5.41, 5.74) is 1.07. The van der Waals surface area contributed by atoms with Gasteiger partial charge in [-0.1, -0.05) is 52.0 Å². The molecule has 6 unspecified atom stereocenters. The summed E-state index contributed by atoms with van der Waals surface area (Å²) in [6, 6.07) is 0.551. The second kappa shape index (κ2) is 10.2. The van der Waals surface area contributed by atoms with Crippen molar-refractivity contribution in [3.05, 3.63) is 35.8 Å². The predicted octanol–water partition coefficient (Wildman–Crippen LogP) is -0.599. The van der Waals surface area contributed by atoms with Crippen LogP contribution in [0.15, 0.2) is 35.8 Å². The fourth-order valence-corrected chi connectivity index (χ4v) is 6.19. The maximum absolute atomic E-state index is 12.2. The van der Waals surface area contributed by atoms with Crippen molar-refractivity contribution in [2.75, 3.05) is 39.4 Å². The molecule has 0 aromatic heterocycles. The molecule has 6 atom stereocenters. The minimum Gasteiger partial charge on any atom is -0.379 e. The van der Waals surface area contributed by atoms with Crippen molar-refractivity contribution in [3.8, 4) is 0 Å². The van der Waals surface area contributed by atoms with Crippen LogP contribution in [0, 0.1) is 11.8 Å². The van der Waals surface area contributed by atoms with Gasteiger partial charge in [0.2, 0.25) is 12.3 Å². The quantitative estimate of drug-likeness (QED) is 0.316. The Balaban J connectivity index is 1.18. The average molecular weight is 515 g/mol. The van der Waals surface area contributed by atoms with E-state index in [-0.39, 0.29) is 48.9 Å². The van der Waals surface area contributed by atoms with E-state index in [1.54, 1.807) is 0 Å². The molecule has 3 saturated heterocycles. The lowest BCUT2D eigenvalue weighted by molar-refractivity contribution is -0.155. The van der Waals surface area contributed by atoms with Gasteiger partial charge in [-0.3, -0.25) is 20.3 Å². The van der Waals surface area contributed by atoms with Crippen LogP contribution in [0.25, 0.3) is 0 Å². The zero-order chi connectivity index (χ0) is 25.7. The zero-order valence-electron chi connectivity index (χ0n) is 22.3. The van der Waals surface area contributed by atoms with Crippen molar-refractivity contribution in [2.45, 2.75) is 70.9 Å². The molecule has 11 heteroatoms. The Kier molecular flexibility index (Phi) is 6.93. The number of nitrogens with one attached hydrogen (secondary N) is 5. The highest BCUT2D eigenvalue weighted by Crippen LogP contribution is 2.30. The fourth-order valence-electron chi connectivity index (χ4n) is 6.19. The van der Waals surface area contributed by atoms with Gasteiger partial charge in [-0.05, 0) is 5.92 Å². The number of allylic oxidation sites excluding steroid dienone is 2. The highest BCUT2D eigenvalue weighted by atomic mass is 16.5. The number of morpholine rings is 1. The van der Waals surface area contributed by atoms with E-state index < -0.39 is 0 Å². The van der Waals surface area contributed by atoms with Crippen molar-refractivity contribution >= 4 is 5.91 Å². The third kappa shape index (κ3) is 4.77. The summed E-state index contributed by atoms with van der Waals surface area (Å²) in [4.78, 5) is 19.1. The summed E-state index contributed by atoms with van der Waals surface area (Å²) in [6.45, 7) is 12.9. The summed E-state index contributed by atoms with van der Waals surface area (Å²) >= 11 is 0. The third-order valence-corrected chi connectivity index (χ3v) is 8.16. The van der Waals surface area contributed by atoms with Crippen LogP contribution < -0.4 is 26.6 Å². The number of carbonyl (C=O) groups excluding carboxylic acids is 1. The molecular weight excluding hydrogens is 472 g/mol. The average Bonchev–Trinajstić information content (AvgIpc) is 3.46. The number of amides is 1. The lowest BCUT2D eigenvalue weighted by atomic mass is 10.0. The molecule has 0 spiro atoms. The number of nitrogens with zero attached hydrogens (tertiary/aromatic N) is 3. The summed E-state index contributed by atoms with van der Waals surface area (Å²) in [5.74, 6) is 1.62. The maximum Gasteiger partial charge on any atom is 0.225 e. The Morgan fingerprint density at radius 2 is 1.78 bits per heavy atom. The SMILES string of the molecule is CC(C)C(=O)N1CC(OC2NC3=C(N2)C(N2CCOCC2)NC(N2C4C=CC=CC4NC2C(C)C)N3)C1. The summed E-state index contributed by atoms with van der Waals surface area (Å²) in [6.07, 6.45) is 8.67. The lowest BCUT2D eigenvalue weighted by Crippen LogP contribution is -2.69. The van der Waals surface area contributed by atoms with Crippen LogP contribution in [0.2, 0.25) is 0 Å². The van der Waals surface area contributed by atoms with E-state index in [2.05, 4.69) is 74.5 Å². The van der Waals surface area contributed by atoms with Gasteiger partial charge in [-0.25, -0.2) is 4.90 Å². The van der Waals surface area contributed by atoms with Gasteiger partial charge in [0.15, 0.2) is 0 Å². The predicted molar refractivity (Wildman–Crippen MR) is 139 cm³/mol. The molecule has 5 N–H and O–H groups in total.